The number of aliphatic hydroxyl groups excluding tert-OH is 1. The molecule has 0 saturated carbocycles. The molecule has 0 radical (unpaired) electrons. The van der Waals surface area contributed by atoms with E-state index < -0.39 is 24.5 Å². The van der Waals surface area contributed by atoms with Gasteiger partial charge in [-0.05, 0) is 18.4 Å². The number of aliphatic carboxylic acids is 1. The molecule has 6 nitrogen and oxygen atoms in total. The molecule has 1 atom stereocenters. The Bertz CT molecular complexity index is 425. The van der Waals surface area contributed by atoms with Crippen molar-refractivity contribution in [2.24, 2.45) is 0 Å². The number of pyridine rings is 1. The van der Waals surface area contributed by atoms with Gasteiger partial charge in [-0.2, -0.15) is 0 Å². The lowest BCUT2D eigenvalue weighted by Gasteiger charge is -2.12. The molecule has 1 rings (SSSR count). The first-order valence-electron chi connectivity index (χ1n) is 4.73. The Morgan fingerprint density at radius 1 is 1.59 bits per heavy atom. The first-order chi connectivity index (χ1) is 8.10. The van der Waals surface area contributed by atoms with Gasteiger partial charge in [-0.1, -0.05) is 0 Å². The average Bonchev–Trinajstić information content (AvgIpc) is 2.35. The quantitative estimate of drug-likeness (QED) is 0.640. The van der Waals surface area contributed by atoms with E-state index in [0.29, 0.717) is 10.6 Å². The molecule has 0 bridgehead atoms. The Labute approximate surface area is 102 Å². The van der Waals surface area contributed by atoms with E-state index in [9.17, 15) is 9.59 Å². The molecule has 1 aromatic rings. The summed E-state index contributed by atoms with van der Waals surface area (Å²) in [6.07, 6.45) is 3.31. The summed E-state index contributed by atoms with van der Waals surface area (Å²) in [5.41, 5.74) is 0.291. The number of carboxylic acids is 1. The van der Waals surface area contributed by atoms with E-state index in [0.717, 1.165) is 0 Å². The molecule has 0 saturated heterocycles. The number of hydrogen-bond acceptors (Lipinski definition) is 5. The van der Waals surface area contributed by atoms with Gasteiger partial charge in [0.2, 0.25) is 0 Å². The van der Waals surface area contributed by atoms with Gasteiger partial charge in [-0.25, -0.2) is 9.78 Å². The second-order valence-corrected chi connectivity index (χ2v) is 3.90. The van der Waals surface area contributed by atoms with Crippen LogP contribution in [-0.4, -0.2) is 46.0 Å². The van der Waals surface area contributed by atoms with E-state index in [-0.39, 0.29) is 0 Å². The van der Waals surface area contributed by atoms with Gasteiger partial charge >= 0.3 is 5.97 Å². The Balaban J connectivity index is 2.86. The highest BCUT2D eigenvalue weighted by atomic mass is 32.2. The van der Waals surface area contributed by atoms with Crippen molar-refractivity contribution in [2.75, 3.05) is 12.9 Å². The number of aromatic nitrogens is 1. The zero-order chi connectivity index (χ0) is 12.8. The van der Waals surface area contributed by atoms with E-state index >= 15 is 0 Å². The van der Waals surface area contributed by atoms with Gasteiger partial charge in [0.25, 0.3) is 5.91 Å². The van der Waals surface area contributed by atoms with E-state index in [1.165, 1.54) is 11.8 Å². The van der Waals surface area contributed by atoms with Gasteiger partial charge in [-0.15, -0.1) is 11.8 Å². The number of carbonyl (C=O) groups excluding carboxylic acids is 1. The van der Waals surface area contributed by atoms with Crippen LogP contribution in [0.15, 0.2) is 23.4 Å². The van der Waals surface area contributed by atoms with Crippen molar-refractivity contribution >= 4 is 23.6 Å². The first kappa shape index (κ1) is 13.5. The molecule has 0 fully saturated rings. The highest BCUT2D eigenvalue weighted by Gasteiger charge is 2.21. The highest BCUT2D eigenvalue weighted by Crippen LogP contribution is 2.16. The van der Waals surface area contributed by atoms with Crippen LogP contribution in [0.2, 0.25) is 0 Å². The van der Waals surface area contributed by atoms with Crippen molar-refractivity contribution in [3.05, 3.63) is 23.9 Å². The van der Waals surface area contributed by atoms with Crippen LogP contribution in [0.4, 0.5) is 0 Å². The Morgan fingerprint density at radius 2 is 2.29 bits per heavy atom. The Hall–Kier alpha value is -1.60. The number of aliphatic hydroxyl groups is 1. The molecule has 0 aliphatic carbocycles. The monoisotopic (exact) mass is 256 g/mol. The smallest absolute Gasteiger partial charge is 0.328 e. The summed E-state index contributed by atoms with van der Waals surface area (Å²) >= 11 is 1.28. The molecule has 1 heterocycles. The van der Waals surface area contributed by atoms with Gasteiger partial charge in [0, 0.05) is 6.20 Å². The fraction of sp³-hybridized carbons (Fsp3) is 0.300. The summed E-state index contributed by atoms with van der Waals surface area (Å²) in [6.45, 7) is -0.657. The second kappa shape index (κ2) is 6.21. The lowest BCUT2D eigenvalue weighted by molar-refractivity contribution is -0.140. The zero-order valence-corrected chi connectivity index (χ0v) is 9.90. The normalized spacial score (nSPS) is 11.9. The summed E-state index contributed by atoms with van der Waals surface area (Å²) in [5.74, 6) is -1.85. The Morgan fingerprint density at radius 3 is 2.82 bits per heavy atom. The van der Waals surface area contributed by atoms with E-state index in [4.69, 9.17) is 10.2 Å². The zero-order valence-electron chi connectivity index (χ0n) is 9.08. The van der Waals surface area contributed by atoms with Crippen molar-refractivity contribution < 1.29 is 19.8 Å². The number of nitrogens with zero attached hydrogens (tertiary/aromatic N) is 1. The summed E-state index contributed by atoms with van der Waals surface area (Å²) in [6, 6.07) is 1.82. The average molecular weight is 256 g/mol. The molecular weight excluding hydrogens is 244 g/mol. The number of thioether (sulfide) groups is 1. The number of carboxylic acid groups (broad SMARTS) is 1. The van der Waals surface area contributed by atoms with Gasteiger partial charge in [0.1, 0.15) is 5.03 Å². The third-order valence-electron chi connectivity index (χ3n) is 2.00. The Kier molecular flexibility index (Phi) is 4.92. The molecular formula is C10H12N2O4S. The number of nitrogens with one attached hydrogen (secondary N) is 1. The maximum atomic E-state index is 11.8. The molecule has 1 aromatic heterocycles. The molecule has 3 N–H and O–H groups in total. The van der Waals surface area contributed by atoms with Crippen LogP contribution in [0.25, 0.3) is 0 Å². The maximum absolute atomic E-state index is 11.8. The first-order valence-corrected chi connectivity index (χ1v) is 5.96. The van der Waals surface area contributed by atoms with Crippen LogP contribution < -0.4 is 5.32 Å². The topological polar surface area (TPSA) is 99.5 Å². The van der Waals surface area contributed by atoms with Gasteiger partial charge < -0.3 is 15.5 Å². The van der Waals surface area contributed by atoms with Crippen LogP contribution >= 0.6 is 11.8 Å². The minimum atomic E-state index is -1.31. The molecule has 17 heavy (non-hydrogen) atoms. The summed E-state index contributed by atoms with van der Waals surface area (Å²) in [7, 11) is 0. The van der Waals surface area contributed by atoms with Crippen LogP contribution in [0, 0.1) is 0 Å². The molecule has 0 unspecified atom stereocenters. The number of rotatable bonds is 5. The minimum Gasteiger partial charge on any atom is -0.480 e. The highest BCUT2D eigenvalue weighted by molar-refractivity contribution is 7.98. The molecule has 0 spiro atoms. The van der Waals surface area contributed by atoms with E-state index in [1.807, 2.05) is 0 Å². The largest absolute Gasteiger partial charge is 0.480 e. The van der Waals surface area contributed by atoms with E-state index in [1.54, 1.807) is 24.6 Å². The molecule has 0 aromatic carbocycles. The fourth-order valence-electron chi connectivity index (χ4n) is 1.15. The van der Waals surface area contributed by atoms with Crippen LogP contribution in [0.5, 0.6) is 0 Å². The predicted molar refractivity (Wildman–Crippen MR) is 62.0 cm³/mol. The van der Waals surface area contributed by atoms with Crippen LogP contribution in [0.3, 0.4) is 0 Å². The third-order valence-corrected chi connectivity index (χ3v) is 2.71. The van der Waals surface area contributed by atoms with Gasteiger partial charge in [0.15, 0.2) is 6.04 Å². The van der Waals surface area contributed by atoms with E-state index in [2.05, 4.69) is 10.3 Å². The van der Waals surface area contributed by atoms with Gasteiger partial charge in [0.05, 0.1) is 12.2 Å². The second-order valence-electron chi connectivity index (χ2n) is 3.11. The molecule has 1 amide bonds. The fourth-order valence-corrected chi connectivity index (χ4v) is 1.69. The van der Waals surface area contributed by atoms with Crippen molar-refractivity contribution in [3.8, 4) is 0 Å². The van der Waals surface area contributed by atoms with Crippen molar-refractivity contribution in [1.29, 1.82) is 0 Å². The molecule has 92 valence electrons. The predicted octanol–water partition coefficient (Wildman–Crippen LogP) is -0.0212. The summed E-state index contributed by atoms with van der Waals surface area (Å²) in [5, 5.41) is 20.2. The maximum Gasteiger partial charge on any atom is 0.328 e. The van der Waals surface area contributed by atoms with Crippen molar-refractivity contribution in [2.45, 2.75) is 11.1 Å². The molecule has 7 heteroatoms. The number of amides is 1. The lowest BCUT2D eigenvalue weighted by Crippen LogP contribution is -2.43. The minimum absolute atomic E-state index is 0.291. The van der Waals surface area contributed by atoms with Crippen molar-refractivity contribution in [1.82, 2.24) is 10.3 Å². The SMILES string of the molecule is CSc1ncccc1C(=O)N[C@@H](CO)C(=O)O. The van der Waals surface area contributed by atoms with Crippen LogP contribution in [0.1, 0.15) is 10.4 Å². The third kappa shape index (κ3) is 3.43. The number of hydrogen-bond donors (Lipinski definition) is 3. The number of carbonyl (C=O) groups is 2. The summed E-state index contributed by atoms with van der Waals surface area (Å²) in [4.78, 5) is 26.4. The summed E-state index contributed by atoms with van der Waals surface area (Å²) < 4.78 is 0. The standard InChI is InChI=1S/C10H12N2O4S/c1-17-9-6(3-2-4-11-9)8(14)12-7(5-13)10(15)16/h2-4,7,13H,5H2,1H3,(H,12,14)(H,15,16)/t7-/m0/s1. The lowest BCUT2D eigenvalue weighted by atomic mass is 10.2. The van der Waals surface area contributed by atoms with Crippen molar-refractivity contribution in [3.63, 3.8) is 0 Å². The molecule has 0 aliphatic heterocycles. The van der Waals surface area contributed by atoms with Gasteiger partial charge in [-0.3, -0.25) is 4.79 Å². The van der Waals surface area contributed by atoms with Crippen LogP contribution in [-0.2, 0) is 4.79 Å². The molecule has 0 aliphatic rings.